The maximum Gasteiger partial charge on any atom is 0.451 e. The summed E-state index contributed by atoms with van der Waals surface area (Å²) in [6.07, 6.45) is -0.663. The zero-order chi connectivity index (χ0) is 41.6. The first-order valence-electron chi connectivity index (χ1n) is 19.4. The van der Waals surface area contributed by atoms with Gasteiger partial charge in [-0.2, -0.15) is 18.4 Å². The minimum Gasteiger partial charge on any atom is -0.481 e. The number of aliphatic hydroxyl groups is 1. The van der Waals surface area contributed by atoms with Gasteiger partial charge in [-0.05, 0) is 79.3 Å². The van der Waals surface area contributed by atoms with Crippen LogP contribution in [0.15, 0.2) is 70.3 Å². The Morgan fingerprint density at radius 1 is 1.02 bits per heavy atom. The molecule has 0 unspecified atom stereocenters. The molecule has 2 fully saturated rings. The molecule has 59 heavy (non-hydrogen) atoms. The van der Waals surface area contributed by atoms with Crippen molar-refractivity contribution < 1.29 is 32.6 Å². The van der Waals surface area contributed by atoms with Gasteiger partial charge in [0.25, 0.3) is 0 Å². The third-order valence-electron chi connectivity index (χ3n) is 11.4. The van der Waals surface area contributed by atoms with Crippen LogP contribution in [0.3, 0.4) is 0 Å². The lowest BCUT2D eigenvalue weighted by Gasteiger charge is -2.18. The van der Waals surface area contributed by atoms with Gasteiger partial charge in [0.05, 0.1) is 22.9 Å². The van der Waals surface area contributed by atoms with Crippen LogP contribution in [0.4, 0.5) is 24.7 Å². The largest absolute Gasteiger partial charge is 0.481 e. The van der Waals surface area contributed by atoms with E-state index in [2.05, 4.69) is 36.2 Å². The van der Waals surface area contributed by atoms with E-state index >= 15 is 0 Å². The van der Waals surface area contributed by atoms with Crippen molar-refractivity contribution in [2.75, 3.05) is 45.1 Å². The zero-order valence-electron chi connectivity index (χ0n) is 32.7. The molecule has 6 heterocycles. The van der Waals surface area contributed by atoms with Crippen molar-refractivity contribution in [2.24, 2.45) is 10.9 Å². The number of halogens is 3. The van der Waals surface area contributed by atoms with E-state index in [0.29, 0.717) is 97.7 Å². The van der Waals surface area contributed by atoms with E-state index < -0.39 is 24.1 Å². The molecule has 0 amide bonds. The van der Waals surface area contributed by atoms with Crippen LogP contribution >= 0.6 is 0 Å². The lowest BCUT2D eigenvalue weighted by molar-refractivity contribution is -0.144. The molecule has 2 aliphatic rings. The van der Waals surface area contributed by atoms with E-state index in [1.807, 2.05) is 59.7 Å². The highest BCUT2D eigenvalue weighted by molar-refractivity contribution is 5.90. The summed E-state index contributed by atoms with van der Waals surface area (Å²) >= 11 is 0. The number of hydrogen-bond donors (Lipinski definition) is 3. The monoisotopic (exact) mass is 805 g/mol. The van der Waals surface area contributed by atoms with Gasteiger partial charge in [-0.3, -0.25) is 19.7 Å². The smallest absolute Gasteiger partial charge is 0.451 e. The first-order chi connectivity index (χ1) is 28.3. The molecular formula is C43H42F3N9O4. The lowest BCUT2D eigenvalue weighted by atomic mass is 9.92. The molecule has 304 valence electrons. The Morgan fingerprint density at radius 2 is 1.76 bits per heavy atom. The van der Waals surface area contributed by atoms with Crippen LogP contribution in [0.25, 0.3) is 44.5 Å². The molecule has 0 bridgehead atoms. The summed E-state index contributed by atoms with van der Waals surface area (Å²) < 4.78 is 50.7. The second kappa shape index (κ2) is 15.9. The number of nitrogens with zero attached hydrogens (tertiary/aromatic N) is 8. The molecule has 0 saturated carbocycles. The molecule has 0 aliphatic carbocycles. The normalized spacial score (nSPS) is 18.0. The van der Waals surface area contributed by atoms with E-state index in [4.69, 9.17) is 4.42 Å². The number of aromatic nitrogens is 4. The van der Waals surface area contributed by atoms with Crippen molar-refractivity contribution in [3.63, 3.8) is 0 Å². The lowest BCUT2D eigenvalue weighted by Crippen LogP contribution is -2.31. The van der Waals surface area contributed by atoms with E-state index in [-0.39, 0.29) is 22.8 Å². The summed E-state index contributed by atoms with van der Waals surface area (Å²) in [5, 5.41) is 33.3. The standard InChI is InChI=1S/C43H42F3N9O4/c1-24-30(6-4-8-32(24)36-17-33-38(59-36)28(18-47)22-55(40(33)48-3)15-14-53-12-10-27(21-53)41(57)58)31-7-5-9-34(25(31)2)50-39-37-35(51-42(52-39)43(44,45)46)16-26(19-49-37)20-54-13-11-29(56)23-54/h4-9,16-17,19,22,27,29,56H,10-15,20-21,23H2,1-3H3,(H,57,58)(H,50,51,52)/b48-40-/t27-,29+/m0/s1. The summed E-state index contributed by atoms with van der Waals surface area (Å²) in [6, 6.07) is 17.1. The Labute approximate surface area is 337 Å². The number of benzene rings is 2. The van der Waals surface area contributed by atoms with Crippen LogP contribution in [0.5, 0.6) is 0 Å². The number of furan rings is 1. The number of nitriles is 1. The molecule has 2 aromatic carbocycles. The average molecular weight is 806 g/mol. The number of likely N-dealkylation sites (tertiary alicyclic amines) is 2. The molecule has 0 radical (unpaired) electrons. The number of hydrogen-bond acceptors (Lipinski definition) is 11. The molecule has 8 rings (SSSR count). The fourth-order valence-electron chi connectivity index (χ4n) is 8.27. The van der Waals surface area contributed by atoms with E-state index in [1.165, 1.54) is 0 Å². The number of carbonyl (C=O) groups is 1. The number of alkyl halides is 3. The van der Waals surface area contributed by atoms with Crippen molar-refractivity contribution in [1.82, 2.24) is 29.3 Å². The predicted molar refractivity (Wildman–Crippen MR) is 214 cm³/mol. The number of rotatable bonds is 10. The van der Waals surface area contributed by atoms with E-state index in [1.54, 1.807) is 31.6 Å². The van der Waals surface area contributed by atoms with E-state index in [9.17, 15) is 33.4 Å². The molecule has 2 atom stereocenters. The maximum atomic E-state index is 14.1. The van der Waals surface area contributed by atoms with Crippen LogP contribution in [0.2, 0.25) is 0 Å². The van der Waals surface area contributed by atoms with Gasteiger partial charge in [-0.1, -0.05) is 30.3 Å². The Kier molecular flexibility index (Phi) is 10.7. The molecule has 2 aliphatic heterocycles. The third kappa shape index (κ3) is 7.88. The fourth-order valence-corrected chi connectivity index (χ4v) is 8.27. The first kappa shape index (κ1) is 39.7. The number of aliphatic carboxylic acids is 1. The predicted octanol–water partition coefficient (Wildman–Crippen LogP) is 6.66. The highest BCUT2D eigenvalue weighted by Gasteiger charge is 2.36. The minimum atomic E-state index is -4.80. The molecule has 6 aromatic rings. The van der Waals surface area contributed by atoms with Gasteiger partial charge in [-0.15, -0.1) is 0 Å². The number of fused-ring (bicyclic) bond motifs is 2. The van der Waals surface area contributed by atoms with Crippen molar-refractivity contribution in [2.45, 2.75) is 52.1 Å². The SMILES string of the molecule is C/N=c1/c2cc(-c3cccc(-c4cccc(Nc5nc(C(F)(F)F)nc6cc(CN7CC[C@@H](O)C7)cnc56)c4C)c3C)oc2c(C#N)cn1CCN1CC[C@H](C(=O)O)C1. The number of carboxylic acids is 1. The Hall–Kier alpha value is -6.15. The second-order valence-corrected chi connectivity index (χ2v) is 15.2. The summed E-state index contributed by atoms with van der Waals surface area (Å²) in [6.45, 7) is 7.71. The Bertz CT molecular complexity index is 2720. The van der Waals surface area contributed by atoms with Gasteiger partial charge in [0.1, 0.15) is 28.4 Å². The minimum absolute atomic E-state index is 0.0554. The molecule has 4 aromatic heterocycles. The average Bonchev–Trinajstić information content (AvgIpc) is 3.97. The van der Waals surface area contributed by atoms with Crippen LogP contribution < -0.4 is 10.8 Å². The number of β-amino-alcohol motifs (C(OH)–C–C–N with tert-alkyl or cyclic N) is 1. The molecule has 2 saturated heterocycles. The topological polar surface area (TPSA) is 169 Å². The molecule has 13 nitrogen and oxygen atoms in total. The number of aliphatic hydroxyl groups excluding tert-OH is 1. The number of nitrogens with one attached hydrogen (secondary N) is 1. The first-order valence-corrected chi connectivity index (χ1v) is 19.4. The van der Waals surface area contributed by atoms with Crippen LogP contribution in [-0.2, 0) is 24.1 Å². The van der Waals surface area contributed by atoms with Crippen molar-refractivity contribution in [3.8, 4) is 28.5 Å². The van der Waals surface area contributed by atoms with Crippen molar-refractivity contribution in [3.05, 3.63) is 94.5 Å². The van der Waals surface area contributed by atoms with Crippen LogP contribution in [0, 0.1) is 31.1 Å². The molecule has 0 spiro atoms. The van der Waals surface area contributed by atoms with E-state index in [0.717, 1.165) is 27.8 Å². The molecule has 3 N–H and O–H groups in total. The number of carboxylic acid groups (broad SMARTS) is 1. The van der Waals surface area contributed by atoms with Gasteiger partial charge in [0, 0.05) is 70.0 Å². The highest BCUT2D eigenvalue weighted by Crippen LogP contribution is 2.39. The van der Waals surface area contributed by atoms with Gasteiger partial charge < -0.3 is 29.4 Å². The van der Waals surface area contributed by atoms with Crippen molar-refractivity contribution >= 4 is 39.5 Å². The fraction of sp³-hybridized carbons (Fsp3) is 0.349. The van der Waals surface area contributed by atoms with Gasteiger partial charge in [-0.25, -0.2) is 9.97 Å². The molecular weight excluding hydrogens is 764 g/mol. The quantitative estimate of drug-likeness (QED) is 0.135. The van der Waals surface area contributed by atoms with Gasteiger partial charge in [0.2, 0.25) is 5.82 Å². The number of anilines is 2. The van der Waals surface area contributed by atoms with Gasteiger partial charge in [0.15, 0.2) is 11.4 Å². The Balaban J connectivity index is 1.11. The summed E-state index contributed by atoms with van der Waals surface area (Å²) in [5.74, 6) is -2.00. The summed E-state index contributed by atoms with van der Waals surface area (Å²) in [7, 11) is 1.68. The van der Waals surface area contributed by atoms with Crippen LogP contribution in [-0.4, -0.2) is 91.4 Å². The highest BCUT2D eigenvalue weighted by atomic mass is 19.4. The Morgan fingerprint density at radius 3 is 2.46 bits per heavy atom. The van der Waals surface area contributed by atoms with Crippen molar-refractivity contribution in [1.29, 1.82) is 5.26 Å². The zero-order valence-corrected chi connectivity index (χ0v) is 32.7. The number of pyridine rings is 2. The second-order valence-electron chi connectivity index (χ2n) is 15.2. The third-order valence-corrected chi connectivity index (χ3v) is 11.4. The van der Waals surface area contributed by atoms with Gasteiger partial charge >= 0.3 is 12.1 Å². The van der Waals surface area contributed by atoms with Crippen LogP contribution in [0.1, 0.15) is 40.9 Å². The molecule has 16 heteroatoms. The summed E-state index contributed by atoms with van der Waals surface area (Å²) in [5.41, 5.74) is 6.95. The maximum absolute atomic E-state index is 14.1. The summed E-state index contributed by atoms with van der Waals surface area (Å²) in [4.78, 5) is 32.4.